The third-order valence-electron chi connectivity index (χ3n) is 10.6. The van der Waals surface area contributed by atoms with Crippen LogP contribution >= 0.6 is 11.3 Å². The molecule has 0 amide bonds. The van der Waals surface area contributed by atoms with Crippen molar-refractivity contribution in [2.45, 2.75) is 5.41 Å². The highest BCUT2D eigenvalue weighted by molar-refractivity contribution is 7.25. The van der Waals surface area contributed by atoms with Gasteiger partial charge in [-0.05, 0) is 87.0 Å². The van der Waals surface area contributed by atoms with Crippen molar-refractivity contribution < 1.29 is 0 Å². The van der Waals surface area contributed by atoms with Gasteiger partial charge in [0.1, 0.15) is 0 Å². The molecule has 0 unspecified atom stereocenters. The summed E-state index contributed by atoms with van der Waals surface area (Å²) in [5, 5.41) is 2.60. The second-order valence-corrected chi connectivity index (χ2v) is 14.4. The number of anilines is 3. The third kappa shape index (κ3) is 4.68. The molecule has 0 saturated heterocycles. The molecule has 10 rings (SSSR count). The van der Waals surface area contributed by atoms with E-state index in [9.17, 15) is 0 Å². The summed E-state index contributed by atoms with van der Waals surface area (Å²) in [5.41, 5.74) is 13.3. The van der Waals surface area contributed by atoms with Crippen LogP contribution in [0.5, 0.6) is 0 Å². The average Bonchev–Trinajstić information content (AvgIpc) is 3.72. The first-order chi connectivity index (χ1) is 25.3. The highest BCUT2D eigenvalue weighted by atomic mass is 32.1. The Balaban J connectivity index is 1.12. The Morgan fingerprint density at radius 3 is 1.51 bits per heavy atom. The first-order valence-corrected chi connectivity index (χ1v) is 18.3. The Kier molecular flexibility index (Phi) is 6.97. The van der Waals surface area contributed by atoms with Crippen molar-refractivity contribution in [3.05, 3.63) is 222 Å². The molecule has 0 fully saturated rings. The molecular formula is C49H33NS. The molecule has 1 nitrogen and oxygen atoms in total. The zero-order valence-corrected chi connectivity index (χ0v) is 28.7. The third-order valence-corrected chi connectivity index (χ3v) is 11.7. The minimum atomic E-state index is -0.418. The summed E-state index contributed by atoms with van der Waals surface area (Å²) in [6, 6.07) is 73.3. The highest BCUT2D eigenvalue weighted by Crippen LogP contribution is 2.56. The second-order valence-electron chi connectivity index (χ2n) is 13.3. The zero-order valence-electron chi connectivity index (χ0n) is 27.9. The van der Waals surface area contributed by atoms with Crippen LogP contribution in [0.15, 0.2) is 200 Å². The van der Waals surface area contributed by atoms with Crippen LogP contribution in [0.2, 0.25) is 0 Å². The Morgan fingerprint density at radius 1 is 0.353 bits per heavy atom. The minimum Gasteiger partial charge on any atom is -0.310 e. The largest absolute Gasteiger partial charge is 0.310 e. The van der Waals surface area contributed by atoms with Crippen molar-refractivity contribution >= 4 is 48.6 Å². The number of fused-ring (bicyclic) bond motifs is 6. The molecule has 51 heavy (non-hydrogen) atoms. The van der Waals surface area contributed by atoms with E-state index < -0.39 is 5.41 Å². The van der Waals surface area contributed by atoms with Gasteiger partial charge in [-0.2, -0.15) is 0 Å². The monoisotopic (exact) mass is 667 g/mol. The Morgan fingerprint density at radius 2 is 0.843 bits per heavy atom. The van der Waals surface area contributed by atoms with E-state index in [0.717, 1.165) is 17.1 Å². The van der Waals surface area contributed by atoms with E-state index in [4.69, 9.17) is 0 Å². The molecule has 1 aromatic heterocycles. The van der Waals surface area contributed by atoms with Crippen LogP contribution in [0.4, 0.5) is 17.1 Å². The zero-order chi connectivity index (χ0) is 33.8. The Hall–Kier alpha value is -6.22. The van der Waals surface area contributed by atoms with Gasteiger partial charge in [0.2, 0.25) is 0 Å². The van der Waals surface area contributed by atoms with Crippen LogP contribution in [-0.2, 0) is 5.41 Å². The van der Waals surface area contributed by atoms with Gasteiger partial charge in [-0.25, -0.2) is 0 Å². The van der Waals surface area contributed by atoms with E-state index in [1.807, 2.05) is 11.3 Å². The number of nitrogens with zero attached hydrogens (tertiary/aromatic N) is 1. The summed E-state index contributed by atoms with van der Waals surface area (Å²) < 4.78 is 2.59. The van der Waals surface area contributed by atoms with E-state index in [-0.39, 0.29) is 0 Å². The molecule has 1 aliphatic carbocycles. The van der Waals surface area contributed by atoms with Gasteiger partial charge in [0, 0.05) is 37.2 Å². The van der Waals surface area contributed by atoms with Crippen molar-refractivity contribution in [1.82, 2.24) is 0 Å². The number of rotatable bonds is 6. The Bertz CT molecular complexity index is 2630. The summed E-state index contributed by atoms with van der Waals surface area (Å²) in [6.07, 6.45) is 0. The molecule has 0 saturated carbocycles. The predicted molar refractivity (Wildman–Crippen MR) is 217 cm³/mol. The fraction of sp³-hybridized carbons (Fsp3) is 0.0204. The van der Waals surface area contributed by atoms with Gasteiger partial charge in [0.15, 0.2) is 0 Å². The maximum atomic E-state index is 2.38. The van der Waals surface area contributed by atoms with Gasteiger partial charge in [0.25, 0.3) is 0 Å². The SMILES string of the molecule is c1ccc(-c2ccc3c(c2)sc2cc(N(c4ccccc4)c4ccc(C5(c6ccccc6)c6ccccc6-c6ccccc65)cc4)ccc23)cc1. The molecule has 240 valence electrons. The first kappa shape index (κ1) is 29.7. The molecule has 0 radical (unpaired) electrons. The summed E-state index contributed by atoms with van der Waals surface area (Å²) in [4.78, 5) is 2.38. The average molecular weight is 668 g/mol. The Labute approximate surface area is 302 Å². The van der Waals surface area contributed by atoms with E-state index in [0.29, 0.717) is 0 Å². The lowest BCUT2D eigenvalue weighted by Gasteiger charge is -2.34. The number of hydrogen-bond donors (Lipinski definition) is 0. The minimum absolute atomic E-state index is 0.418. The van der Waals surface area contributed by atoms with E-state index in [1.54, 1.807) is 0 Å². The van der Waals surface area contributed by atoms with Gasteiger partial charge in [0.05, 0.1) is 5.41 Å². The molecule has 1 aliphatic rings. The lowest BCUT2D eigenvalue weighted by molar-refractivity contribution is 0.768. The second kappa shape index (κ2) is 12.0. The topological polar surface area (TPSA) is 3.24 Å². The molecule has 0 aliphatic heterocycles. The van der Waals surface area contributed by atoms with Crippen molar-refractivity contribution in [1.29, 1.82) is 0 Å². The van der Waals surface area contributed by atoms with E-state index in [1.165, 1.54) is 64.7 Å². The molecule has 9 aromatic rings. The van der Waals surface area contributed by atoms with Crippen LogP contribution in [0.3, 0.4) is 0 Å². The summed E-state index contributed by atoms with van der Waals surface area (Å²) in [5.74, 6) is 0. The normalized spacial score (nSPS) is 12.9. The number of thiophene rings is 1. The highest BCUT2D eigenvalue weighted by Gasteiger charge is 2.45. The van der Waals surface area contributed by atoms with Gasteiger partial charge in [-0.3, -0.25) is 0 Å². The molecule has 0 atom stereocenters. The van der Waals surface area contributed by atoms with Crippen LogP contribution < -0.4 is 4.90 Å². The summed E-state index contributed by atoms with van der Waals surface area (Å²) in [6.45, 7) is 0. The molecular weight excluding hydrogens is 635 g/mol. The molecule has 0 spiro atoms. The lowest BCUT2D eigenvalue weighted by Crippen LogP contribution is -2.28. The van der Waals surface area contributed by atoms with Crippen LogP contribution in [-0.4, -0.2) is 0 Å². The van der Waals surface area contributed by atoms with Gasteiger partial charge < -0.3 is 4.90 Å². The van der Waals surface area contributed by atoms with Crippen LogP contribution in [0.25, 0.3) is 42.4 Å². The quantitative estimate of drug-likeness (QED) is 0.171. The number of para-hydroxylation sites is 1. The maximum Gasteiger partial charge on any atom is 0.0713 e. The lowest BCUT2D eigenvalue weighted by atomic mass is 9.68. The molecule has 0 bridgehead atoms. The standard InChI is InChI=1S/C49H33NS/c1-4-14-34(15-5-1)35-24-30-43-44-31-29-40(33-48(44)51-47(43)32-35)50(38-18-8-3-9-19-38)39-27-25-37(26-28-39)49(36-16-6-2-7-17-36)45-22-12-10-20-41(45)42-21-11-13-23-46(42)49/h1-33H. The predicted octanol–water partition coefficient (Wildman–Crippen LogP) is 13.6. The fourth-order valence-corrected chi connectivity index (χ4v) is 9.49. The van der Waals surface area contributed by atoms with Crippen molar-refractivity contribution in [3.8, 4) is 22.3 Å². The fourth-order valence-electron chi connectivity index (χ4n) is 8.31. The smallest absolute Gasteiger partial charge is 0.0713 e. The van der Waals surface area contributed by atoms with Crippen molar-refractivity contribution in [2.75, 3.05) is 4.90 Å². The van der Waals surface area contributed by atoms with Crippen LogP contribution in [0.1, 0.15) is 22.3 Å². The maximum absolute atomic E-state index is 2.38. The molecule has 1 heterocycles. The van der Waals surface area contributed by atoms with Gasteiger partial charge in [-0.15, -0.1) is 11.3 Å². The molecule has 2 heteroatoms. The van der Waals surface area contributed by atoms with Crippen molar-refractivity contribution in [3.63, 3.8) is 0 Å². The van der Waals surface area contributed by atoms with Gasteiger partial charge >= 0.3 is 0 Å². The summed E-state index contributed by atoms with van der Waals surface area (Å²) >= 11 is 1.87. The van der Waals surface area contributed by atoms with Gasteiger partial charge in [-0.1, -0.05) is 158 Å². The number of hydrogen-bond acceptors (Lipinski definition) is 2. The van der Waals surface area contributed by atoms with Crippen LogP contribution in [0, 0.1) is 0 Å². The molecule has 8 aromatic carbocycles. The molecule has 0 N–H and O–H groups in total. The summed E-state index contributed by atoms with van der Waals surface area (Å²) in [7, 11) is 0. The van der Waals surface area contributed by atoms with E-state index >= 15 is 0 Å². The van der Waals surface area contributed by atoms with Crippen molar-refractivity contribution in [2.24, 2.45) is 0 Å². The number of benzene rings is 8. The van der Waals surface area contributed by atoms with E-state index in [2.05, 4.69) is 205 Å². The first-order valence-electron chi connectivity index (χ1n) is 17.5.